The van der Waals surface area contributed by atoms with E-state index in [4.69, 9.17) is 11.6 Å². The fraction of sp³-hybridized carbons (Fsp3) is 0.250. The van der Waals surface area contributed by atoms with Crippen molar-refractivity contribution in [2.75, 3.05) is 29.5 Å². The molecule has 0 heterocycles. The highest BCUT2D eigenvalue weighted by Crippen LogP contribution is 2.26. The standard InChI is InChI=1S/C20H22ClN3O3S/c1-3-24(20(27)13-28-18-7-5-4-6-17(18)21)12-19(26)23-16-10-8-15(9-11-16)22-14(2)25/h4-11H,3,12-13H2,1-2H3,(H,22,25)(H,23,26). The molecule has 0 aliphatic heterocycles. The van der Waals surface area contributed by atoms with Crippen LogP contribution in [0.3, 0.4) is 0 Å². The Labute approximate surface area is 173 Å². The number of anilines is 2. The molecule has 6 nitrogen and oxygen atoms in total. The molecule has 2 aromatic carbocycles. The Morgan fingerprint density at radius 1 is 1.00 bits per heavy atom. The molecule has 0 spiro atoms. The summed E-state index contributed by atoms with van der Waals surface area (Å²) in [5.74, 6) is -0.381. The molecule has 0 saturated carbocycles. The molecular formula is C20H22ClN3O3S. The maximum Gasteiger partial charge on any atom is 0.243 e. The van der Waals surface area contributed by atoms with Crippen LogP contribution in [0.5, 0.6) is 0 Å². The van der Waals surface area contributed by atoms with E-state index in [1.165, 1.54) is 23.6 Å². The first-order valence-corrected chi connectivity index (χ1v) is 10.1. The van der Waals surface area contributed by atoms with Crippen LogP contribution in [0.1, 0.15) is 13.8 Å². The van der Waals surface area contributed by atoms with Gasteiger partial charge in [-0.05, 0) is 43.3 Å². The number of halogens is 1. The number of hydrogen-bond acceptors (Lipinski definition) is 4. The molecule has 148 valence electrons. The molecule has 0 aliphatic rings. The minimum absolute atomic E-state index is 0.0359. The van der Waals surface area contributed by atoms with Crippen molar-refractivity contribution >= 4 is 52.5 Å². The average Bonchev–Trinajstić information content (AvgIpc) is 2.66. The third-order valence-electron chi connectivity index (χ3n) is 3.75. The summed E-state index contributed by atoms with van der Waals surface area (Å²) in [6, 6.07) is 14.1. The lowest BCUT2D eigenvalue weighted by atomic mass is 10.2. The molecule has 2 rings (SSSR count). The highest BCUT2D eigenvalue weighted by molar-refractivity contribution is 8.00. The summed E-state index contributed by atoms with van der Waals surface area (Å²) in [4.78, 5) is 38.1. The highest BCUT2D eigenvalue weighted by Gasteiger charge is 2.16. The Kier molecular flexibility index (Phi) is 8.35. The zero-order valence-electron chi connectivity index (χ0n) is 15.7. The number of likely N-dealkylation sites (N-methyl/N-ethyl adjacent to an activating group) is 1. The lowest BCUT2D eigenvalue weighted by Crippen LogP contribution is -2.38. The third kappa shape index (κ3) is 6.90. The Hall–Kier alpha value is -2.51. The minimum atomic E-state index is -0.287. The van der Waals surface area contributed by atoms with Crippen molar-refractivity contribution < 1.29 is 14.4 Å². The van der Waals surface area contributed by atoms with Crippen molar-refractivity contribution in [3.63, 3.8) is 0 Å². The number of carbonyl (C=O) groups is 3. The molecule has 0 atom stereocenters. The number of nitrogens with zero attached hydrogens (tertiary/aromatic N) is 1. The van der Waals surface area contributed by atoms with Crippen LogP contribution in [-0.2, 0) is 14.4 Å². The quantitative estimate of drug-likeness (QED) is 0.636. The first-order chi connectivity index (χ1) is 13.4. The Bertz CT molecular complexity index is 843. The summed E-state index contributed by atoms with van der Waals surface area (Å²) < 4.78 is 0. The van der Waals surface area contributed by atoms with Gasteiger partial charge in [0.15, 0.2) is 0 Å². The molecule has 8 heteroatoms. The zero-order chi connectivity index (χ0) is 20.5. The summed E-state index contributed by atoms with van der Waals surface area (Å²) >= 11 is 7.45. The predicted molar refractivity (Wildman–Crippen MR) is 114 cm³/mol. The van der Waals surface area contributed by atoms with Gasteiger partial charge in [0.1, 0.15) is 0 Å². The van der Waals surface area contributed by atoms with E-state index in [0.717, 1.165) is 4.90 Å². The third-order valence-corrected chi connectivity index (χ3v) is 5.25. The van der Waals surface area contributed by atoms with Gasteiger partial charge in [-0.2, -0.15) is 0 Å². The van der Waals surface area contributed by atoms with Crippen LogP contribution in [0.15, 0.2) is 53.4 Å². The Morgan fingerprint density at radius 3 is 2.18 bits per heavy atom. The number of carbonyl (C=O) groups excluding carboxylic acids is 3. The second kappa shape index (κ2) is 10.7. The predicted octanol–water partition coefficient (Wildman–Crippen LogP) is 3.88. The molecule has 0 aromatic heterocycles. The lowest BCUT2D eigenvalue weighted by Gasteiger charge is -2.20. The van der Waals surface area contributed by atoms with Gasteiger partial charge in [0.25, 0.3) is 0 Å². The number of benzene rings is 2. The van der Waals surface area contributed by atoms with Crippen LogP contribution >= 0.6 is 23.4 Å². The zero-order valence-corrected chi connectivity index (χ0v) is 17.3. The first kappa shape index (κ1) is 21.8. The fourth-order valence-electron chi connectivity index (χ4n) is 2.38. The molecule has 2 N–H and O–H groups in total. The maximum absolute atomic E-state index is 12.4. The van der Waals surface area contributed by atoms with Crippen molar-refractivity contribution in [3.8, 4) is 0 Å². The Morgan fingerprint density at radius 2 is 1.61 bits per heavy atom. The van der Waals surface area contributed by atoms with Gasteiger partial charge in [-0.15, -0.1) is 11.8 Å². The van der Waals surface area contributed by atoms with Crippen LogP contribution in [0.25, 0.3) is 0 Å². The van der Waals surface area contributed by atoms with E-state index >= 15 is 0 Å². The largest absolute Gasteiger partial charge is 0.333 e. The van der Waals surface area contributed by atoms with Crippen LogP contribution < -0.4 is 10.6 Å². The molecular weight excluding hydrogens is 398 g/mol. The van der Waals surface area contributed by atoms with Gasteiger partial charge in [-0.3, -0.25) is 14.4 Å². The second-order valence-corrected chi connectivity index (χ2v) is 7.36. The van der Waals surface area contributed by atoms with E-state index < -0.39 is 0 Å². The first-order valence-electron chi connectivity index (χ1n) is 8.71. The Balaban J connectivity index is 1.87. The van der Waals surface area contributed by atoms with Gasteiger partial charge in [-0.1, -0.05) is 23.7 Å². The second-order valence-electron chi connectivity index (χ2n) is 5.93. The van der Waals surface area contributed by atoms with Crippen LogP contribution in [0.4, 0.5) is 11.4 Å². The summed E-state index contributed by atoms with van der Waals surface area (Å²) in [5.41, 5.74) is 1.24. The normalized spacial score (nSPS) is 10.2. The summed E-state index contributed by atoms with van der Waals surface area (Å²) in [6.07, 6.45) is 0. The molecule has 0 fully saturated rings. The van der Waals surface area contributed by atoms with E-state index in [1.54, 1.807) is 30.3 Å². The van der Waals surface area contributed by atoms with Crippen LogP contribution in [-0.4, -0.2) is 41.5 Å². The maximum atomic E-state index is 12.4. The number of amides is 3. The molecule has 0 radical (unpaired) electrons. The summed E-state index contributed by atoms with van der Waals surface area (Å²) in [5, 5.41) is 6.01. The van der Waals surface area contributed by atoms with Crippen molar-refractivity contribution in [3.05, 3.63) is 53.6 Å². The fourth-order valence-corrected chi connectivity index (χ4v) is 3.52. The molecule has 3 amide bonds. The number of nitrogens with one attached hydrogen (secondary N) is 2. The number of hydrogen-bond donors (Lipinski definition) is 2. The van der Waals surface area contributed by atoms with Crippen molar-refractivity contribution in [1.82, 2.24) is 4.90 Å². The van der Waals surface area contributed by atoms with Crippen LogP contribution in [0, 0.1) is 0 Å². The van der Waals surface area contributed by atoms with E-state index in [0.29, 0.717) is 22.9 Å². The van der Waals surface area contributed by atoms with Crippen molar-refractivity contribution in [2.24, 2.45) is 0 Å². The van der Waals surface area contributed by atoms with Gasteiger partial charge in [0.05, 0.1) is 17.3 Å². The average molecular weight is 420 g/mol. The monoisotopic (exact) mass is 419 g/mol. The van der Waals surface area contributed by atoms with E-state index in [2.05, 4.69) is 10.6 Å². The van der Waals surface area contributed by atoms with E-state index in [9.17, 15) is 14.4 Å². The molecule has 2 aromatic rings. The molecule has 0 saturated heterocycles. The van der Waals surface area contributed by atoms with Gasteiger partial charge in [0.2, 0.25) is 17.7 Å². The molecule has 0 unspecified atom stereocenters. The van der Waals surface area contributed by atoms with E-state index in [-0.39, 0.29) is 30.0 Å². The van der Waals surface area contributed by atoms with Crippen molar-refractivity contribution in [1.29, 1.82) is 0 Å². The van der Waals surface area contributed by atoms with Crippen molar-refractivity contribution in [2.45, 2.75) is 18.7 Å². The molecule has 0 aliphatic carbocycles. The SMILES string of the molecule is CCN(CC(=O)Nc1ccc(NC(C)=O)cc1)C(=O)CSc1ccccc1Cl. The van der Waals surface area contributed by atoms with Gasteiger partial charge in [-0.25, -0.2) is 0 Å². The number of thioether (sulfide) groups is 1. The highest BCUT2D eigenvalue weighted by atomic mass is 35.5. The molecule has 28 heavy (non-hydrogen) atoms. The van der Waals surface area contributed by atoms with Gasteiger partial charge in [0, 0.05) is 29.7 Å². The topological polar surface area (TPSA) is 78.5 Å². The minimum Gasteiger partial charge on any atom is -0.333 e. The smallest absolute Gasteiger partial charge is 0.243 e. The van der Waals surface area contributed by atoms with Gasteiger partial charge < -0.3 is 15.5 Å². The summed E-state index contributed by atoms with van der Waals surface area (Å²) in [6.45, 7) is 3.65. The van der Waals surface area contributed by atoms with E-state index in [1.807, 2.05) is 25.1 Å². The molecule has 0 bridgehead atoms. The van der Waals surface area contributed by atoms with Crippen LogP contribution in [0.2, 0.25) is 5.02 Å². The number of rotatable bonds is 8. The summed E-state index contributed by atoms with van der Waals surface area (Å²) in [7, 11) is 0. The lowest BCUT2D eigenvalue weighted by molar-refractivity contribution is -0.132. The van der Waals surface area contributed by atoms with Gasteiger partial charge >= 0.3 is 0 Å².